The summed E-state index contributed by atoms with van der Waals surface area (Å²) in [6, 6.07) is 1.78. The highest BCUT2D eigenvalue weighted by Crippen LogP contribution is 1.91. The van der Waals surface area contributed by atoms with E-state index in [1.165, 1.54) is 0 Å². The molecule has 15 heavy (non-hydrogen) atoms. The van der Waals surface area contributed by atoms with Crippen LogP contribution in [0.1, 0.15) is 12.2 Å². The van der Waals surface area contributed by atoms with Crippen LogP contribution in [0.15, 0.2) is 18.5 Å². The number of aliphatic hydroxyl groups is 1. The molecular formula is C10H17N3O2. The monoisotopic (exact) mass is 211 g/mol. The molecule has 5 heteroatoms. The molecule has 0 radical (unpaired) electrons. The minimum absolute atomic E-state index is 0.378. The summed E-state index contributed by atoms with van der Waals surface area (Å²) < 4.78 is 4.82. The molecule has 0 bridgehead atoms. The van der Waals surface area contributed by atoms with Gasteiger partial charge in [0.15, 0.2) is 0 Å². The maximum Gasteiger partial charge on any atom is 0.141 e. The predicted molar refractivity (Wildman–Crippen MR) is 56.2 cm³/mol. The molecule has 0 spiro atoms. The van der Waals surface area contributed by atoms with Crippen molar-refractivity contribution in [1.29, 1.82) is 0 Å². The van der Waals surface area contributed by atoms with Crippen LogP contribution in [0.25, 0.3) is 0 Å². The van der Waals surface area contributed by atoms with E-state index in [2.05, 4.69) is 15.3 Å². The Morgan fingerprint density at radius 3 is 2.87 bits per heavy atom. The maximum absolute atomic E-state index is 9.35. The van der Waals surface area contributed by atoms with E-state index in [1.807, 2.05) is 0 Å². The molecule has 84 valence electrons. The second-order valence-electron chi connectivity index (χ2n) is 3.24. The summed E-state index contributed by atoms with van der Waals surface area (Å²) in [5.41, 5.74) is 0. The van der Waals surface area contributed by atoms with Crippen molar-refractivity contribution in [3.8, 4) is 0 Å². The van der Waals surface area contributed by atoms with E-state index in [9.17, 15) is 5.11 Å². The minimum atomic E-state index is -0.404. The Morgan fingerprint density at radius 1 is 1.47 bits per heavy atom. The first-order chi connectivity index (χ1) is 7.33. The van der Waals surface area contributed by atoms with Gasteiger partial charge in [-0.05, 0) is 19.0 Å². The molecule has 0 aromatic carbocycles. The quantitative estimate of drug-likeness (QED) is 0.620. The van der Waals surface area contributed by atoms with Gasteiger partial charge in [-0.3, -0.25) is 0 Å². The highest BCUT2D eigenvalue weighted by atomic mass is 16.5. The number of aliphatic hydroxyl groups excluding tert-OH is 1. The SMILES string of the molecule is COCC(O)CCNCc1ncccn1. The Kier molecular flexibility index (Phi) is 5.84. The van der Waals surface area contributed by atoms with Crippen LogP contribution < -0.4 is 5.32 Å². The van der Waals surface area contributed by atoms with Gasteiger partial charge in [0.1, 0.15) is 5.82 Å². The number of hydrogen-bond donors (Lipinski definition) is 2. The Hall–Kier alpha value is -1.04. The summed E-state index contributed by atoms with van der Waals surface area (Å²) in [5.74, 6) is 0.763. The van der Waals surface area contributed by atoms with E-state index in [4.69, 9.17) is 4.74 Å². The normalized spacial score (nSPS) is 12.7. The molecule has 0 saturated carbocycles. The molecule has 0 aliphatic heterocycles. The van der Waals surface area contributed by atoms with Crippen molar-refractivity contribution < 1.29 is 9.84 Å². The number of hydrogen-bond acceptors (Lipinski definition) is 5. The van der Waals surface area contributed by atoms with Gasteiger partial charge in [0.2, 0.25) is 0 Å². The molecule has 2 N–H and O–H groups in total. The second-order valence-corrected chi connectivity index (χ2v) is 3.24. The smallest absolute Gasteiger partial charge is 0.141 e. The highest BCUT2D eigenvalue weighted by molar-refractivity contribution is 4.87. The highest BCUT2D eigenvalue weighted by Gasteiger charge is 2.02. The zero-order valence-electron chi connectivity index (χ0n) is 8.89. The maximum atomic E-state index is 9.35. The van der Waals surface area contributed by atoms with Crippen LogP contribution in [0.5, 0.6) is 0 Å². The largest absolute Gasteiger partial charge is 0.391 e. The van der Waals surface area contributed by atoms with Gasteiger partial charge in [-0.1, -0.05) is 0 Å². The summed E-state index contributed by atoms with van der Waals surface area (Å²) in [6.07, 6.45) is 3.69. The van der Waals surface area contributed by atoms with Gasteiger partial charge in [-0.25, -0.2) is 9.97 Å². The van der Waals surface area contributed by atoms with Crippen LogP contribution in [0.4, 0.5) is 0 Å². The number of nitrogens with zero attached hydrogens (tertiary/aromatic N) is 2. The lowest BCUT2D eigenvalue weighted by molar-refractivity contribution is 0.0594. The van der Waals surface area contributed by atoms with Crippen molar-refractivity contribution in [2.75, 3.05) is 20.3 Å². The van der Waals surface area contributed by atoms with Crippen LogP contribution in [0.3, 0.4) is 0 Å². The minimum Gasteiger partial charge on any atom is -0.391 e. The Balaban J connectivity index is 2.07. The lowest BCUT2D eigenvalue weighted by Gasteiger charge is -2.09. The van der Waals surface area contributed by atoms with Gasteiger partial charge in [0, 0.05) is 19.5 Å². The molecular weight excluding hydrogens is 194 g/mol. The summed E-state index contributed by atoms with van der Waals surface area (Å²) in [7, 11) is 1.58. The molecule has 0 amide bonds. The average molecular weight is 211 g/mol. The van der Waals surface area contributed by atoms with Crippen LogP contribution in [0, 0.1) is 0 Å². The molecule has 1 aromatic rings. The van der Waals surface area contributed by atoms with Gasteiger partial charge in [0.25, 0.3) is 0 Å². The van der Waals surface area contributed by atoms with Crippen molar-refractivity contribution in [2.45, 2.75) is 19.1 Å². The van der Waals surface area contributed by atoms with Crippen molar-refractivity contribution in [2.24, 2.45) is 0 Å². The van der Waals surface area contributed by atoms with Crippen LogP contribution in [-0.2, 0) is 11.3 Å². The van der Waals surface area contributed by atoms with E-state index in [0.29, 0.717) is 19.6 Å². The molecule has 1 atom stereocenters. The third-order valence-electron chi connectivity index (χ3n) is 1.92. The molecule has 0 saturated heterocycles. The molecule has 0 aliphatic carbocycles. The van der Waals surface area contributed by atoms with Crippen molar-refractivity contribution in [3.63, 3.8) is 0 Å². The van der Waals surface area contributed by atoms with E-state index < -0.39 is 6.10 Å². The van der Waals surface area contributed by atoms with Gasteiger partial charge >= 0.3 is 0 Å². The summed E-state index contributed by atoms with van der Waals surface area (Å²) in [4.78, 5) is 8.14. The van der Waals surface area contributed by atoms with Crippen molar-refractivity contribution >= 4 is 0 Å². The fourth-order valence-corrected chi connectivity index (χ4v) is 1.17. The molecule has 1 aromatic heterocycles. The molecule has 1 heterocycles. The van der Waals surface area contributed by atoms with Gasteiger partial charge in [-0.2, -0.15) is 0 Å². The van der Waals surface area contributed by atoms with E-state index >= 15 is 0 Å². The topological polar surface area (TPSA) is 67.3 Å². The Bertz CT molecular complexity index is 256. The third-order valence-corrected chi connectivity index (χ3v) is 1.92. The van der Waals surface area contributed by atoms with Crippen LogP contribution in [0.2, 0.25) is 0 Å². The van der Waals surface area contributed by atoms with Gasteiger partial charge < -0.3 is 15.2 Å². The first kappa shape index (κ1) is 12.0. The fraction of sp³-hybridized carbons (Fsp3) is 0.600. The van der Waals surface area contributed by atoms with Crippen LogP contribution in [-0.4, -0.2) is 41.4 Å². The Labute approximate surface area is 89.5 Å². The molecule has 0 fully saturated rings. The lowest BCUT2D eigenvalue weighted by atomic mass is 10.2. The number of ether oxygens (including phenoxy) is 1. The number of methoxy groups -OCH3 is 1. The zero-order valence-corrected chi connectivity index (χ0v) is 8.89. The number of rotatable bonds is 7. The average Bonchev–Trinajstić information content (AvgIpc) is 2.26. The summed E-state index contributed by atoms with van der Waals surface area (Å²) in [5, 5.41) is 12.5. The Morgan fingerprint density at radius 2 is 2.20 bits per heavy atom. The number of aromatic nitrogens is 2. The van der Waals surface area contributed by atoms with Crippen molar-refractivity contribution in [3.05, 3.63) is 24.3 Å². The summed E-state index contributed by atoms with van der Waals surface area (Å²) >= 11 is 0. The summed E-state index contributed by atoms with van der Waals surface area (Å²) in [6.45, 7) is 1.73. The van der Waals surface area contributed by atoms with E-state index in [0.717, 1.165) is 12.4 Å². The van der Waals surface area contributed by atoms with Gasteiger partial charge in [0.05, 0.1) is 19.3 Å². The second kappa shape index (κ2) is 7.28. The fourth-order valence-electron chi connectivity index (χ4n) is 1.17. The first-order valence-corrected chi connectivity index (χ1v) is 4.96. The molecule has 0 aliphatic rings. The number of nitrogens with one attached hydrogen (secondary N) is 1. The molecule has 5 nitrogen and oxygen atoms in total. The van der Waals surface area contributed by atoms with Crippen LogP contribution >= 0.6 is 0 Å². The van der Waals surface area contributed by atoms with Gasteiger partial charge in [-0.15, -0.1) is 0 Å². The zero-order chi connectivity index (χ0) is 10.9. The predicted octanol–water partition coefficient (Wildman–Crippen LogP) is -0.0364. The first-order valence-electron chi connectivity index (χ1n) is 4.96. The standard InChI is InChI=1S/C10H17N3O2/c1-15-8-9(14)3-6-11-7-10-12-4-2-5-13-10/h2,4-5,9,11,14H,3,6-8H2,1H3. The molecule has 1 unspecified atom stereocenters. The van der Waals surface area contributed by atoms with Crippen molar-refractivity contribution in [1.82, 2.24) is 15.3 Å². The van der Waals surface area contributed by atoms with E-state index in [-0.39, 0.29) is 0 Å². The third kappa shape index (κ3) is 5.41. The van der Waals surface area contributed by atoms with E-state index in [1.54, 1.807) is 25.6 Å². The molecule has 1 rings (SSSR count). The lowest BCUT2D eigenvalue weighted by Crippen LogP contribution is -2.23.